The lowest BCUT2D eigenvalue weighted by Crippen LogP contribution is -2.57. The van der Waals surface area contributed by atoms with Crippen LogP contribution in [0.25, 0.3) is 0 Å². The van der Waals surface area contributed by atoms with E-state index in [9.17, 15) is 23.9 Å². The number of hydrogen-bond acceptors (Lipinski definition) is 6. The second-order valence-electron chi connectivity index (χ2n) is 7.87. The number of nitrogens with one attached hydrogen (secondary N) is 1. The number of amides is 2. The molecule has 2 heterocycles. The third kappa shape index (κ3) is 3.18. The molecule has 4 atom stereocenters. The highest BCUT2D eigenvalue weighted by Crippen LogP contribution is 2.50. The minimum atomic E-state index is -1.57. The number of phenolic OH excluding ortho intramolecular Hbond substituents is 1. The van der Waals surface area contributed by atoms with Gasteiger partial charge in [-0.05, 0) is 30.7 Å². The van der Waals surface area contributed by atoms with E-state index >= 15 is 0 Å². The number of imide groups is 1. The number of carbonyl (C=O) groups excluding carboxylic acids is 3. The number of likely N-dealkylation sites (tertiary alicyclic amines) is 1. The minimum Gasteiger partial charge on any atom is -0.508 e. The van der Waals surface area contributed by atoms with E-state index in [4.69, 9.17) is 4.74 Å². The van der Waals surface area contributed by atoms with Crippen LogP contribution in [-0.4, -0.2) is 47.0 Å². The first-order chi connectivity index (χ1) is 14.8. The Morgan fingerprint density at radius 2 is 1.84 bits per heavy atom. The molecule has 0 radical (unpaired) electrons. The Kier molecular flexibility index (Phi) is 5.26. The van der Waals surface area contributed by atoms with E-state index in [2.05, 4.69) is 5.32 Å². The molecule has 0 bridgehead atoms. The van der Waals surface area contributed by atoms with Gasteiger partial charge in [0.25, 0.3) is 0 Å². The van der Waals surface area contributed by atoms with E-state index in [0.29, 0.717) is 5.56 Å². The quantitative estimate of drug-likeness (QED) is 0.561. The summed E-state index contributed by atoms with van der Waals surface area (Å²) in [5.41, 5.74) is -0.702. The van der Waals surface area contributed by atoms with Gasteiger partial charge in [-0.15, -0.1) is 0 Å². The summed E-state index contributed by atoms with van der Waals surface area (Å²) in [6.07, 6.45) is 0.0304. The number of nitrogens with zero attached hydrogens (tertiary/aromatic N) is 1. The zero-order chi connectivity index (χ0) is 22.3. The molecule has 2 N–H and O–H groups in total. The number of esters is 1. The molecule has 0 saturated carbocycles. The molecule has 162 valence electrons. The predicted octanol–water partition coefficient (Wildman–Crippen LogP) is 1.95. The van der Waals surface area contributed by atoms with Crippen molar-refractivity contribution in [2.24, 2.45) is 11.8 Å². The topological polar surface area (TPSA) is 95.9 Å². The van der Waals surface area contributed by atoms with E-state index < -0.39 is 47.0 Å². The van der Waals surface area contributed by atoms with Crippen LogP contribution in [-0.2, 0) is 25.5 Å². The lowest BCUT2D eigenvalue weighted by Gasteiger charge is -2.32. The fourth-order valence-electron chi connectivity index (χ4n) is 4.91. The van der Waals surface area contributed by atoms with Crippen molar-refractivity contribution >= 4 is 17.8 Å². The third-order valence-corrected chi connectivity index (χ3v) is 6.27. The predicted molar refractivity (Wildman–Crippen MR) is 108 cm³/mol. The van der Waals surface area contributed by atoms with E-state index in [1.807, 2.05) is 0 Å². The zero-order valence-corrected chi connectivity index (χ0v) is 17.2. The number of hydrogen-bond donors (Lipinski definition) is 2. The highest BCUT2D eigenvalue weighted by Gasteiger charge is 2.68. The molecule has 7 nitrogen and oxygen atoms in total. The monoisotopic (exact) mass is 426 g/mol. The molecule has 0 unspecified atom stereocenters. The van der Waals surface area contributed by atoms with Crippen molar-refractivity contribution in [2.75, 3.05) is 13.7 Å². The summed E-state index contributed by atoms with van der Waals surface area (Å²) < 4.78 is 19.8. The molecule has 0 aromatic heterocycles. The van der Waals surface area contributed by atoms with E-state index in [-0.39, 0.29) is 24.3 Å². The van der Waals surface area contributed by atoms with Crippen LogP contribution in [0.3, 0.4) is 0 Å². The molecule has 2 saturated heterocycles. The van der Waals surface area contributed by atoms with Crippen LogP contribution in [0.1, 0.15) is 24.1 Å². The summed E-state index contributed by atoms with van der Waals surface area (Å²) in [4.78, 5) is 40.7. The lowest BCUT2D eigenvalue weighted by molar-refractivity contribution is -0.154. The molecule has 2 aliphatic rings. The van der Waals surface area contributed by atoms with Crippen molar-refractivity contribution in [3.63, 3.8) is 0 Å². The second-order valence-corrected chi connectivity index (χ2v) is 7.87. The molecule has 2 aromatic rings. The van der Waals surface area contributed by atoms with Crippen LogP contribution in [0.2, 0.25) is 0 Å². The Bertz CT molecular complexity index is 1040. The third-order valence-electron chi connectivity index (χ3n) is 6.27. The summed E-state index contributed by atoms with van der Waals surface area (Å²) >= 11 is 0. The van der Waals surface area contributed by atoms with Crippen LogP contribution < -0.4 is 5.32 Å². The molecule has 2 amide bonds. The Balaban J connectivity index is 1.88. The van der Waals surface area contributed by atoms with Gasteiger partial charge in [0.05, 0.1) is 18.9 Å². The summed E-state index contributed by atoms with van der Waals surface area (Å²) in [5, 5.41) is 12.7. The summed E-state index contributed by atoms with van der Waals surface area (Å²) in [7, 11) is 1.22. The lowest BCUT2D eigenvalue weighted by atomic mass is 9.76. The van der Waals surface area contributed by atoms with Gasteiger partial charge >= 0.3 is 5.97 Å². The van der Waals surface area contributed by atoms with Gasteiger partial charge in [0.2, 0.25) is 11.8 Å². The SMILES string of the molecule is CCN1C(=O)[C@@H]2[C@H](c3ccccc3F)N[C@](Cc3ccc(O)cc3)(C(=O)OC)[C@H]2C1=O. The van der Waals surface area contributed by atoms with E-state index in [1.165, 1.54) is 31.4 Å². The normalized spacial score (nSPS) is 27.5. The Morgan fingerprint density at radius 3 is 2.45 bits per heavy atom. The van der Waals surface area contributed by atoms with Gasteiger partial charge in [0.15, 0.2) is 0 Å². The number of methoxy groups -OCH3 is 1. The van der Waals surface area contributed by atoms with Gasteiger partial charge in [-0.1, -0.05) is 30.3 Å². The summed E-state index contributed by atoms with van der Waals surface area (Å²) in [6, 6.07) is 11.3. The van der Waals surface area contributed by atoms with Gasteiger partial charge in [0.1, 0.15) is 17.1 Å². The van der Waals surface area contributed by atoms with Crippen molar-refractivity contribution in [1.82, 2.24) is 10.2 Å². The molecule has 0 spiro atoms. The Morgan fingerprint density at radius 1 is 1.16 bits per heavy atom. The van der Waals surface area contributed by atoms with Gasteiger partial charge in [0, 0.05) is 24.6 Å². The first-order valence-electron chi connectivity index (χ1n) is 10.1. The molecule has 4 rings (SSSR count). The Hall–Kier alpha value is -3.26. The maximum absolute atomic E-state index is 14.7. The van der Waals surface area contributed by atoms with Crippen molar-refractivity contribution in [3.8, 4) is 5.75 Å². The van der Waals surface area contributed by atoms with E-state index in [0.717, 1.165) is 4.90 Å². The summed E-state index contributed by atoms with van der Waals surface area (Å²) in [5.74, 6) is -4.08. The summed E-state index contributed by atoms with van der Waals surface area (Å²) in [6.45, 7) is 1.84. The molecule has 2 aromatic carbocycles. The van der Waals surface area contributed by atoms with Crippen LogP contribution >= 0.6 is 0 Å². The smallest absolute Gasteiger partial charge is 0.327 e. The van der Waals surface area contributed by atoms with Crippen molar-refractivity contribution in [1.29, 1.82) is 0 Å². The largest absolute Gasteiger partial charge is 0.508 e. The van der Waals surface area contributed by atoms with Crippen LogP contribution in [0.4, 0.5) is 4.39 Å². The highest BCUT2D eigenvalue weighted by molar-refractivity contribution is 6.09. The number of phenols is 1. The number of benzene rings is 2. The molecular formula is C23H23FN2O5. The highest BCUT2D eigenvalue weighted by atomic mass is 19.1. The van der Waals surface area contributed by atoms with Crippen molar-refractivity contribution in [2.45, 2.75) is 24.9 Å². The standard InChI is InChI=1S/C23H23FN2O5/c1-3-26-20(28)17-18(21(26)29)23(22(30)31-2,12-13-8-10-14(27)11-9-13)25-19(17)15-6-4-5-7-16(15)24/h4-11,17-19,25,27H,3,12H2,1-2H3/t17-,18+,19-,23-/m0/s1. The average molecular weight is 426 g/mol. The maximum Gasteiger partial charge on any atom is 0.327 e. The number of halogens is 1. The maximum atomic E-state index is 14.7. The van der Waals surface area contributed by atoms with Gasteiger partial charge < -0.3 is 9.84 Å². The minimum absolute atomic E-state index is 0.0304. The molecular weight excluding hydrogens is 403 g/mol. The number of carbonyl (C=O) groups is 3. The number of aromatic hydroxyl groups is 1. The van der Waals surface area contributed by atoms with Gasteiger partial charge in [-0.3, -0.25) is 24.6 Å². The number of rotatable bonds is 5. The van der Waals surface area contributed by atoms with Gasteiger partial charge in [-0.2, -0.15) is 0 Å². The fourth-order valence-corrected chi connectivity index (χ4v) is 4.91. The molecule has 31 heavy (non-hydrogen) atoms. The number of fused-ring (bicyclic) bond motifs is 1. The first kappa shape index (κ1) is 21.0. The van der Waals surface area contributed by atoms with Crippen molar-refractivity contribution < 1.29 is 28.6 Å². The molecule has 2 aliphatic heterocycles. The van der Waals surface area contributed by atoms with E-state index in [1.54, 1.807) is 31.2 Å². The van der Waals surface area contributed by atoms with Crippen LogP contribution in [0, 0.1) is 17.7 Å². The van der Waals surface area contributed by atoms with Gasteiger partial charge in [-0.25, -0.2) is 4.39 Å². The second kappa shape index (κ2) is 7.77. The van der Waals surface area contributed by atoms with Crippen LogP contribution in [0.5, 0.6) is 5.75 Å². The number of ether oxygens (including phenoxy) is 1. The van der Waals surface area contributed by atoms with Crippen molar-refractivity contribution in [3.05, 3.63) is 65.5 Å². The fraction of sp³-hybridized carbons (Fsp3) is 0.348. The van der Waals surface area contributed by atoms with Crippen LogP contribution in [0.15, 0.2) is 48.5 Å². The Labute approximate surface area is 178 Å². The molecule has 2 fully saturated rings. The zero-order valence-electron chi connectivity index (χ0n) is 17.2. The average Bonchev–Trinajstić information content (AvgIpc) is 3.23. The molecule has 0 aliphatic carbocycles. The first-order valence-corrected chi connectivity index (χ1v) is 10.1. The molecule has 8 heteroatoms.